The van der Waals surface area contributed by atoms with Gasteiger partial charge in [0, 0.05) is 24.3 Å². The summed E-state index contributed by atoms with van der Waals surface area (Å²) in [6.45, 7) is 2.87. The number of hydrogen-bond acceptors (Lipinski definition) is 4. The van der Waals surface area contributed by atoms with Crippen LogP contribution in [0.4, 0.5) is 10.1 Å². The van der Waals surface area contributed by atoms with Gasteiger partial charge in [-0.1, -0.05) is 0 Å². The van der Waals surface area contributed by atoms with Crippen LogP contribution in [0, 0.1) is 11.7 Å². The lowest BCUT2D eigenvalue weighted by molar-refractivity contribution is 0.180. The second-order valence-corrected chi connectivity index (χ2v) is 7.39. The zero-order valence-corrected chi connectivity index (χ0v) is 13.3. The molecule has 1 heterocycles. The molecule has 1 aliphatic heterocycles. The third-order valence-corrected chi connectivity index (χ3v) is 5.45. The standard InChI is InChI=1S/C12H16BrFN2O3S/c1-7(8-2-3-19-6-8)16-20(17,18)11-5-9(15)4-10(13)12(11)14/h4-5,7-8,16H,2-3,6,15H2,1H3. The molecule has 1 aromatic carbocycles. The Labute approximate surface area is 125 Å². The SMILES string of the molecule is CC(NS(=O)(=O)c1cc(N)cc(Br)c1F)C1CCOC1. The summed E-state index contributed by atoms with van der Waals surface area (Å²) in [5, 5.41) is 0. The van der Waals surface area contributed by atoms with Gasteiger partial charge in [0.15, 0.2) is 5.82 Å². The lowest BCUT2D eigenvalue weighted by Gasteiger charge is -2.19. The first kappa shape index (κ1) is 15.7. The molecule has 0 bridgehead atoms. The lowest BCUT2D eigenvalue weighted by atomic mass is 10.0. The van der Waals surface area contributed by atoms with Crippen LogP contribution in [0.15, 0.2) is 21.5 Å². The van der Waals surface area contributed by atoms with Crippen LogP contribution in [-0.2, 0) is 14.8 Å². The molecule has 0 aliphatic carbocycles. The molecular weight excluding hydrogens is 351 g/mol. The molecular formula is C12H16BrFN2O3S. The number of hydrogen-bond donors (Lipinski definition) is 2. The van der Waals surface area contributed by atoms with Crippen molar-refractivity contribution < 1.29 is 17.5 Å². The fraction of sp³-hybridized carbons (Fsp3) is 0.500. The molecule has 1 aliphatic rings. The summed E-state index contributed by atoms with van der Waals surface area (Å²) in [5.74, 6) is -0.751. The van der Waals surface area contributed by atoms with Crippen molar-refractivity contribution in [1.82, 2.24) is 4.72 Å². The van der Waals surface area contributed by atoms with Crippen molar-refractivity contribution in [1.29, 1.82) is 0 Å². The quantitative estimate of drug-likeness (QED) is 0.797. The van der Waals surface area contributed by atoms with Crippen LogP contribution in [0.2, 0.25) is 0 Å². The molecule has 1 saturated heterocycles. The fourth-order valence-corrected chi connectivity index (χ4v) is 4.19. The Morgan fingerprint density at radius 3 is 2.85 bits per heavy atom. The normalized spacial score (nSPS) is 21.1. The highest BCUT2D eigenvalue weighted by Gasteiger charge is 2.29. The van der Waals surface area contributed by atoms with Gasteiger partial charge >= 0.3 is 0 Å². The molecule has 0 amide bonds. The van der Waals surface area contributed by atoms with Gasteiger partial charge < -0.3 is 10.5 Å². The largest absolute Gasteiger partial charge is 0.399 e. The molecule has 5 nitrogen and oxygen atoms in total. The maximum atomic E-state index is 14.0. The highest BCUT2D eigenvalue weighted by Crippen LogP contribution is 2.27. The number of nitrogens with one attached hydrogen (secondary N) is 1. The lowest BCUT2D eigenvalue weighted by Crippen LogP contribution is -2.38. The van der Waals surface area contributed by atoms with Crippen LogP contribution in [0.25, 0.3) is 0 Å². The highest BCUT2D eigenvalue weighted by molar-refractivity contribution is 9.10. The van der Waals surface area contributed by atoms with Crippen molar-refractivity contribution in [2.24, 2.45) is 5.92 Å². The minimum Gasteiger partial charge on any atom is -0.399 e. The molecule has 0 spiro atoms. The monoisotopic (exact) mass is 366 g/mol. The molecule has 0 radical (unpaired) electrons. The molecule has 2 unspecified atom stereocenters. The average molecular weight is 367 g/mol. The Morgan fingerprint density at radius 2 is 2.25 bits per heavy atom. The molecule has 1 fully saturated rings. The number of anilines is 1. The van der Waals surface area contributed by atoms with Gasteiger partial charge in [0.1, 0.15) is 4.90 Å². The topological polar surface area (TPSA) is 81.4 Å². The molecule has 8 heteroatoms. The predicted molar refractivity (Wildman–Crippen MR) is 77.2 cm³/mol. The highest BCUT2D eigenvalue weighted by atomic mass is 79.9. The van der Waals surface area contributed by atoms with Gasteiger partial charge in [-0.2, -0.15) is 0 Å². The number of nitrogen functional groups attached to an aromatic ring is 1. The smallest absolute Gasteiger partial charge is 0.243 e. The summed E-state index contributed by atoms with van der Waals surface area (Å²) < 4.78 is 46.2. The zero-order valence-electron chi connectivity index (χ0n) is 10.9. The van der Waals surface area contributed by atoms with Gasteiger partial charge in [-0.15, -0.1) is 0 Å². The van der Waals surface area contributed by atoms with E-state index >= 15 is 0 Å². The minimum absolute atomic E-state index is 0.0229. The van der Waals surface area contributed by atoms with E-state index in [4.69, 9.17) is 10.5 Å². The van der Waals surface area contributed by atoms with E-state index in [-0.39, 0.29) is 22.1 Å². The van der Waals surface area contributed by atoms with E-state index in [0.717, 1.165) is 12.5 Å². The molecule has 1 aromatic rings. The van der Waals surface area contributed by atoms with E-state index in [1.54, 1.807) is 6.92 Å². The summed E-state index contributed by atoms with van der Waals surface area (Å²) in [7, 11) is -3.96. The second kappa shape index (κ2) is 5.97. The summed E-state index contributed by atoms with van der Waals surface area (Å²) in [6.07, 6.45) is 0.785. The first-order chi connectivity index (χ1) is 9.31. The number of nitrogens with two attached hydrogens (primary N) is 1. The average Bonchev–Trinajstić information content (AvgIpc) is 2.86. The van der Waals surface area contributed by atoms with Gasteiger partial charge in [-0.25, -0.2) is 17.5 Å². The van der Waals surface area contributed by atoms with Crippen LogP contribution < -0.4 is 10.5 Å². The van der Waals surface area contributed by atoms with E-state index in [0.29, 0.717) is 13.2 Å². The van der Waals surface area contributed by atoms with Crippen molar-refractivity contribution in [3.63, 3.8) is 0 Å². The number of rotatable bonds is 4. The summed E-state index contributed by atoms with van der Waals surface area (Å²) >= 11 is 2.95. The van der Waals surface area contributed by atoms with E-state index in [2.05, 4.69) is 20.7 Å². The fourth-order valence-electron chi connectivity index (χ4n) is 2.13. The summed E-state index contributed by atoms with van der Waals surface area (Å²) in [4.78, 5) is -0.449. The van der Waals surface area contributed by atoms with Gasteiger partial charge in [0.05, 0.1) is 11.1 Å². The zero-order chi connectivity index (χ0) is 14.9. The van der Waals surface area contributed by atoms with Crippen molar-refractivity contribution in [2.75, 3.05) is 18.9 Å². The maximum Gasteiger partial charge on any atom is 0.243 e. The number of ether oxygens (including phenoxy) is 1. The van der Waals surface area contributed by atoms with Crippen LogP contribution in [-0.4, -0.2) is 27.7 Å². The van der Waals surface area contributed by atoms with E-state index < -0.39 is 20.7 Å². The third kappa shape index (κ3) is 3.30. The summed E-state index contributed by atoms with van der Waals surface area (Å²) in [5.41, 5.74) is 5.75. The Balaban J connectivity index is 2.26. The molecule has 0 aromatic heterocycles. The summed E-state index contributed by atoms with van der Waals surface area (Å²) in [6, 6.07) is 2.10. The van der Waals surface area contributed by atoms with Crippen molar-refractivity contribution in [2.45, 2.75) is 24.3 Å². The van der Waals surface area contributed by atoms with Gasteiger partial charge in [0.2, 0.25) is 10.0 Å². The minimum atomic E-state index is -3.96. The van der Waals surface area contributed by atoms with E-state index in [1.807, 2.05) is 0 Å². The Morgan fingerprint density at radius 1 is 1.55 bits per heavy atom. The van der Waals surface area contributed by atoms with Crippen molar-refractivity contribution in [3.05, 3.63) is 22.4 Å². The molecule has 3 N–H and O–H groups in total. The van der Waals surface area contributed by atoms with Gasteiger partial charge in [-0.3, -0.25) is 0 Å². The first-order valence-corrected chi connectivity index (χ1v) is 8.43. The molecule has 0 saturated carbocycles. The predicted octanol–water partition coefficient (Wildman–Crippen LogP) is 1.87. The maximum absolute atomic E-state index is 14.0. The molecule has 2 atom stereocenters. The Bertz CT molecular complexity index is 603. The third-order valence-electron chi connectivity index (χ3n) is 3.32. The van der Waals surface area contributed by atoms with Crippen LogP contribution in [0.5, 0.6) is 0 Å². The second-order valence-electron chi connectivity index (χ2n) is 4.85. The van der Waals surface area contributed by atoms with Gasteiger partial charge in [-0.05, 0) is 41.4 Å². The molecule has 2 rings (SSSR count). The van der Waals surface area contributed by atoms with E-state index in [9.17, 15) is 12.8 Å². The van der Waals surface area contributed by atoms with E-state index in [1.165, 1.54) is 6.07 Å². The number of halogens is 2. The van der Waals surface area contributed by atoms with Crippen LogP contribution >= 0.6 is 15.9 Å². The number of benzene rings is 1. The number of sulfonamides is 1. The molecule has 112 valence electrons. The van der Waals surface area contributed by atoms with Gasteiger partial charge in [0.25, 0.3) is 0 Å². The van der Waals surface area contributed by atoms with Crippen molar-refractivity contribution in [3.8, 4) is 0 Å². The Kier molecular flexibility index (Phi) is 4.68. The molecule has 20 heavy (non-hydrogen) atoms. The van der Waals surface area contributed by atoms with Crippen LogP contribution in [0.1, 0.15) is 13.3 Å². The first-order valence-electron chi connectivity index (χ1n) is 6.16. The van der Waals surface area contributed by atoms with Crippen molar-refractivity contribution >= 4 is 31.6 Å². The Hall–Kier alpha value is -0.700. The van der Waals surface area contributed by atoms with Crippen LogP contribution in [0.3, 0.4) is 0 Å².